The summed E-state index contributed by atoms with van der Waals surface area (Å²) in [5.41, 5.74) is 3.11. The number of hydrogen-bond donors (Lipinski definition) is 3. The Morgan fingerprint density at radius 2 is 1.68 bits per heavy atom. The maximum absolute atomic E-state index is 13.7. The van der Waals surface area contributed by atoms with Crippen molar-refractivity contribution in [2.75, 3.05) is 0 Å². The summed E-state index contributed by atoms with van der Waals surface area (Å²) >= 11 is 0. The molecule has 0 radical (unpaired) electrons. The summed E-state index contributed by atoms with van der Waals surface area (Å²) in [5, 5.41) is 33.5. The highest BCUT2D eigenvalue weighted by Crippen LogP contribution is 2.52. The number of fused-ring (bicyclic) bond motifs is 3. The van der Waals surface area contributed by atoms with Crippen LogP contribution in [0.2, 0.25) is 0 Å². The number of hydrogen-bond acceptors (Lipinski definition) is 6. The van der Waals surface area contributed by atoms with E-state index >= 15 is 0 Å². The molecule has 3 atom stereocenters. The van der Waals surface area contributed by atoms with Crippen molar-refractivity contribution in [1.29, 1.82) is 0 Å². The van der Waals surface area contributed by atoms with E-state index < -0.39 is 40.5 Å². The number of rotatable bonds is 5. The Labute approximate surface area is 222 Å². The molecular weight excluding hydrogens is 480 g/mol. The zero-order chi connectivity index (χ0) is 27.5. The molecule has 3 aliphatic carbocycles. The third-order valence-corrected chi connectivity index (χ3v) is 8.41. The van der Waals surface area contributed by atoms with Crippen LogP contribution in [0, 0.1) is 18.8 Å². The van der Waals surface area contributed by atoms with Crippen molar-refractivity contribution < 1.29 is 29.7 Å². The number of phenols is 1. The minimum absolute atomic E-state index is 0.0435. The molecule has 0 amide bonds. The van der Waals surface area contributed by atoms with Gasteiger partial charge in [0.1, 0.15) is 11.5 Å². The topological polar surface area (TPSA) is 112 Å². The van der Waals surface area contributed by atoms with Gasteiger partial charge in [0.15, 0.2) is 11.4 Å². The van der Waals surface area contributed by atoms with Crippen molar-refractivity contribution in [3.8, 4) is 5.75 Å². The van der Waals surface area contributed by atoms with Crippen molar-refractivity contribution in [3.63, 3.8) is 0 Å². The molecule has 196 valence electrons. The van der Waals surface area contributed by atoms with Crippen LogP contribution in [0.4, 0.5) is 0 Å². The second kappa shape index (κ2) is 9.21. The Balaban J connectivity index is 1.52. The second-order valence-corrected chi connectivity index (χ2v) is 11.1. The molecule has 0 heterocycles. The molecule has 2 aromatic carbocycles. The first-order chi connectivity index (χ1) is 17.9. The van der Waals surface area contributed by atoms with Gasteiger partial charge in [0.2, 0.25) is 11.6 Å². The number of phenolic OH excluding ortho intramolecular Hbond substituents is 1. The highest BCUT2D eigenvalue weighted by molar-refractivity contribution is 6.33. The lowest BCUT2D eigenvalue weighted by Crippen LogP contribution is -2.61. The standard InChI is InChI=1S/C32H32O6/c1-16-5-7-20(8-6-16)11-17(2)12-21-9-10-25(34)28-24(21)15-22-14-23-13-18(3)26(19(4)33)30(36)32(23,38)31(37)27(22)29(28)35/h5-10,22-23,34-35,38H,2,11-15H2,1,3-4H3/t22-,23-,32-/m0/s1. The molecule has 5 rings (SSSR count). The predicted octanol–water partition coefficient (Wildman–Crippen LogP) is 4.68. The molecule has 6 nitrogen and oxygen atoms in total. The predicted molar refractivity (Wildman–Crippen MR) is 144 cm³/mol. The molecule has 1 fully saturated rings. The van der Waals surface area contributed by atoms with Crippen molar-refractivity contribution >= 4 is 23.1 Å². The summed E-state index contributed by atoms with van der Waals surface area (Å²) < 4.78 is 0. The molecule has 6 heteroatoms. The number of aromatic hydroxyl groups is 1. The molecule has 1 saturated carbocycles. The SMILES string of the molecule is C=C(Cc1ccc(C)cc1)Cc1ccc(O)c2c1C[C@@H]1C[C@@H]3CC(C)=C(C(C)=O)C(=O)[C@]3(O)C(=O)C1=C2O. The maximum atomic E-state index is 13.7. The summed E-state index contributed by atoms with van der Waals surface area (Å²) in [6.07, 6.45) is 2.15. The second-order valence-electron chi connectivity index (χ2n) is 11.1. The van der Waals surface area contributed by atoms with Gasteiger partial charge in [-0.25, -0.2) is 0 Å². The lowest BCUT2D eigenvalue weighted by molar-refractivity contribution is -0.157. The summed E-state index contributed by atoms with van der Waals surface area (Å²) in [6, 6.07) is 11.6. The molecule has 0 aliphatic heterocycles. The summed E-state index contributed by atoms with van der Waals surface area (Å²) in [7, 11) is 0. The van der Waals surface area contributed by atoms with E-state index in [1.165, 1.54) is 18.6 Å². The van der Waals surface area contributed by atoms with Gasteiger partial charge in [-0.1, -0.05) is 53.6 Å². The number of allylic oxidation sites excluding steroid dienone is 2. The van der Waals surface area contributed by atoms with Crippen LogP contribution in [0.3, 0.4) is 0 Å². The number of aliphatic hydroxyl groups excluding tert-OH is 1. The Morgan fingerprint density at radius 1 is 1.00 bits per heavy atom. The van der Waals surface area contributed by atoms with Crippen LogP contribution in [0.5, 0.6) is 5.75 Å². The van der Waals surface area contributed by atoms with E-state index in [1.807, 2.05) is 13.0 Å². The average Bonchev–Trinajstić information content (AvgIpc) is 2.84. The fourth-order valence-electron chi connectivity index (χ4n) is 6.58. The van der Waals surface area contributed by atoms with Crippen molar-refractivity contribution in [2.24, 2.45) is 11.8 Å². The fourth-order valence-corrected chi connectivity index (χ4v) is 6.58. The van der Waals surface area contributed by atoms with Gasteiger partial charge in [0, 0.05) is 11.5 Å². The van der Waals surface area contributed by atoms with Crippen LogP contribution in [0.25, 0.3) is 5.76 Å². The van der Waals surface area contributed by atoms with Crippen molar-refractivity contribution in [3.05, 3.63) is 93.1 Å². The molecule has 0 spiro atoms. The van der Waals surface area contributed by atoms with Crippen LogP contribution in [0.15, 0.2) is 65.3 Å². The van der Waals surface area contributed by atoms with E-state index in [4.69, 9.17) is 0 Å². The molecule has 0 aromatic heterocycles. The first kappa shape index (κ1) is 25.9. The van der Waals surface area contributed by atoms with Crippen LogP contribution in [-0.4, -0.2) is 38.3 Å². The van der Waals surface area contributed by atoms with Gasteiger partial charge in [0.05, 0.1) is 11.1 Å². The van der Waals surface area contributed by atoms with Gasteiger partial charge in [-0.15, -0.1) is 0 Å². The zero-order valence-corrected chi connectivity index (χ0v) is 21.9. The highest BCUT2D eigenvalue weighted by Gasteiger charge is 2.60. The average molecular weight is 513 g/mol. The number of ketones is 3. The van der Waals surface area contributed by atoms with Gasteiger partial charge < -0.3 is 15.3 Å². The van der Waals surface area contributed by atoms with Gasteiger partial charge in [0.25, 0.3) is 0 Å². The van der Waals surface area contributed by atoms with Gasteiger partial charge in [-0.05, 0) is 81.5 Å². The van der Waals surface area contributed by atoms with Gasteiger partial charge in [-0.3, -0.25) is 14.4 Å². The first-order valence-electron chi connectivity index (χ1n) is 13.0. The van der Waals surface area contributed by atoms with E-state index in [1.54, 1.807) is 6.92 Å². The molecule has 2 aromatic rings. The van der Waals surface area contributed by atoms with Crippen LogP contribution >= 0.6 is 0 Å². The monoisotopic (exact) mass is 512 g/mol. The minimum Gasteiger partial charge on any atom is -0.507 e. The summed E-state index contributed by atoms with van der Waals surface area (Å²) in [6.45, 7) is 9.23. The van der Waals surface area contributed by atoms with Gasteiger partial charge >= 0.3 is 0 Å². The largest absolute Gasteiger partial charge is 0.507 e. The molecular formula is C32H32O6. The third-order valence-electron chi connectivity index (χ3n) is 8.41. The van der Waals surface area contributed by atoms with Crippen LogP contribution in [0.1, 0.15) is 54.5 Å². The Bertz CT molecular complexity index is 1470. The minimum atomic E-state index is -2.40. The zero-order valence-electron chi connectivity index (χ0n) is 21.9. The van der Waals surface area contributed by atoms with Crippen LogP contribution < -0.4 is 0 Å². The molecule has 3 N–H and O–H groups in total. The molecule has 0 unspecified atom stereocenters. The summed E-state index contributed by atoms with van der Waals surface area (Å²) in [4.78, 5) is 39.1. The fraction of sp³-hybridized carbons (Fsp3) is 0.344. The molecule has 3 aliphatic rings. The van der Waals surface area contributed by atoms with Gasteiger partial charge in [-0.2, -0.15) is 0 Å². The molecule has 38 heavy (non-hydrogen) atoms. The lowest BCUT2D eigenvalue weighted by Gasteiger charge is -2.46. The van der Waals surface area contributed by atoms with E-state index in [-0.39, 0.29) is 28.9 Å². The number of Topliss-reactive ketones (excluding diaryl/α,β-unsaturated/α-hetero) is 3. The number of benzene rings is 2. The Morgan fingerprint density at radius 3 is 2.34 bits per heavy atom. The number of carbonyl (C=O) groups excluding carboxylic acids is 3. The van der Waals surface area contributed by atoms with Crippen molar-refractivity contribution in [2.45, 2.75) is 58.5 Å². The van der Waals surface area contributed by atoms with Crippen molar-refractivity contribution in [1.82, 2.24) is 0 Å². The normalized spacial score (nSPS) is 24.6. The quantitative estimate of drug-likeness (QED) is 0.305. The van der Waals surface area contributed by atoms with E-state index in [9.17, 15) is 29.7 Å². The first-order valence-corrected chi connectivity index (χ1v) is 13.0. The lowest BCUT2D eigenvalue weighted by atomic mass is 9.57. The number of carbonyl (C=O) groups is 3. The van der Waals surface area contributed by atoms with Crippen LogP contribution in [-0.2, 0) is 33.6 Å². The van der Waals surface area contributed by atoms with E-state index in [0.29, 0.717) is 31.3 Å². The summed E-state index contributed by atoms with van der Waals surface area (Å²) in [5.74, 6) is -3.94. The number of aliphatic hydroxyl groups is 2. The van der Waals surface area contributed by atoms with E-state index in [0.717, 1.165) is 22.3 Å². The Kier molecular flexibility index (Phi) is 6.27. The Hall–Kier alpha value is -3.77. The third kappa shape index (κ3) is 3.95. The smallest absolute Gasteiger partial charge is 0.206 e. The molecule has 0 saturated heterocycles. The molecule has 0 bridgehead atoms. The maximum Gasteiger partial charge on any atom is 0.206 e. The number of aryl methyl sites for hydroxylation is 1. The highest BCUT2D eigenvalue weighted by atomic mass is 16.3. The van der Waals surface area contributed by atoms with E-state index in [2.05, 4.69) is 30.8 Å².